The van der Waals surface area contributed by atoms with Crippen molar-refractivity contribution in [1.29, 1.82) is 0 Å². The summed E-state index contributed by atoms with van der Waals surface area (Å²) in [7, 11) is 3.26. The number of nitrogens with one attached hydrogen (secondary N) is 1. The molecule has 15 heavy (non-hydrogen) atoms. The van der Waals surface area contributed by atoms with Gasteiger partial charge in [0, 0.05) is 11.8 Å². The van der Waals surface area contributed by atoms with Crippen LogP contribution in [0.5, 0.6) is 11.5 Å². The summed E-state index contributed by atoms with van der Waals surface area (Å²) in [6.07, 6.45) is 1.79. The minimum Gasteiger partial charge on any atom is -0.491 e. The Morgan fingerprint density at radius 1 is 1.00 bits per heavy atom. The zero-order valence-electron chi connectivity index (χ0n) is 8.78. The summed E-state index contributed by atoms with van der Waals surface area (Å²) in [6, 6.07) is 10.0. The van der Waals surface area contributed by atoms with Crippen molar-refractivity contribution in [2.75, 3.05) is 14.2 Å². The minimum absolute atomic E-state index is 0.719. The van der Waals surface area contributed by atoms with Crippen LogP contribution in [0.2, 0.25) is 0 Å². The first-order valence-electron chi connectivity index (χ1n) is 4.71. The van der Waals surface area contributed by atoms with Crippen LogP contribution >= 0.6 is 0 Å². The first-order chi connectivity index (χ1) is 7.36. The Morgan fingerprint density at radius 2 is 1.73 bits per heavy atom. The largest absolute Gasteiger partial charge is 0.491 e. The molecule has 3 nitrogen and oxygen atoms in total. The molecule has 0 atom stereocenters. The SMILES string of the molecule is COc1c[nH]c(-c2ccccc2)c1OC. The predicted octanol–water partition coefficient (Wildman–Crippen LogP) is 2.70. The molecule has 1 N–H and O–H groups in total. The molecule has 0 fully saturated rings. The monoisotopic (exact) mass is 203 g/mol. The highest BCUT2D eigenvalue weighted by Gasteiger charge is 2.13. The van der Waals surface area contributed by atoms with Crippen LogP contribution in [-0.4, -0.2) is 19.2 Å². The molecule has 0 aliphatic heterocycles. The lowest BCUT2D eigenvalue weighted by Gasteiger charge is -2.04. The lowest BCUT2D eigenvalue weighted by Crippen LogP contribution is -1.88. The van der Waals surface area contributed by atoms with Gasteiger partial charge >= 0.3 is 0 Å². The molecule has 0 spiro atoms. The van der Waals surface area contributed by atoms with Gasteiger partial charge in [-0.3, -0.25) is 0 Å². The van der Waals surface area contributed by atoms with E-state index in [9.17, 15) is 0 Å². The summed E-state index contributed by atoms with van der Waals surface area (Å²) in [5.41, 5.74) is 2.02. The van der Waals surface area contributed by atoms with Crippen molar-refractivity contribution in [2.45, 2.75) is 0 Å². The number of benzene rings is 1. The molecule has 3 heteroatoms. The Kier molecular flexibility index (Phi) is 2.63. The molecule has 78 valence electrons. The van der Waals surface area contributed by atoms with Crippen LogP contribution in [0.25, 0.3) is 11.3 Å². The normalized spacial score (nSPS) is 10.0. The summed E-state index contributed by atoms with van der Waals surface area (Å²) >= 11 is 0. The average molecular weight is 203 g/mol. The molecule has 2 rings (SSSR count). The zero-order valence-corrected chi connectivity index (χ0v) is 8.78. The van der Waals surface area contributed by atoms with E-state index in [1.165, 1.54) is 0 Å². The first-order valence-corrected chi connectivity index (χ1v) is 4.71. The van der Waals surface area contributed by atoms with Gasteiger partial charge in [-0.05, 0) is 0 Å². The van der Waals surface area contributed by atoms with Gasteiger partial charge in [-0.2, -0.15) is 0 Å². The highest BCUT2D eigenvalue weighted by molar-refractivity contribution is 5.70. The van der Waals surface area contributed by atoms with E-state index in [0.29, 0.717) is 0 Å². The molecular weight excluding hydrogens is 190 g/mol. The number of ether oxygens (including phenoxy) is 2. The van der Waals surface area contributed by atoms with Gasteiger partial charge in [0.25, 0.3) is 0 Å². The first kappa shape index (κ1) is 9.65. The molecule has 1 aromatic carbocycles. The van der Waals surface area contributed by atoms with E-state index in [4.69, 9.17) is 9.47 Å². The molecule has 0 aliphatic carbocycles. The van der Waals surface area contributed by atoms with Gasteiger partial charge in [-0.1, -0.05) is 30.3 Å². The van der Waals surface area contributed by atoms with Gasteiger partial charge < -0.3 is 14.5 Å². The van der Waals surface area contributed by atoms with E-state index in [1.807, 2.05) is 30.3 Å². The van der Waals surface area contributed by atoms with Crippen LogP contribution in [0.15, 0.2) is 36.5 Å². The molecule has 0 saturated heterocycles. The molecule has 0 radical (unpaired) electrons. The molecule has 1 heterocycles. The van der Waals surface area contributed by atoms with Crippen molar-refractivity contribution in [2.24, 2.45) is 0 Å². The van der Waals surface area contributed by atoms with Crippen molar-refractivity contribution < 1.29 is 9.47 Å². The van der Waals surface area contributed by atoms with E-state index in [2.05, 4.69) is 4.98 Å². The summed E-state index contributed by atoms with van der Waals surface area (Å²) in [5, 5.41) is 0. The van der Waals surface area contributed by atoms with Gasteiger partial charge in [0.1, 0.15) is 0 Å². The van der Waals surface area contributed by atoms with Crippen molar-refractivity contribution >= 4 is 0 Å². The third-order valence-electron chi connectivity index (χ3n) is 2.28. The van der Waals surface area contributed by atoms with E-state index < -0.39 is 0 Å². The highest BCUT2D eigenvalue weighted by atomic mass is 16.5. The summed E-state index contributed by atoms with van der Waals surface area (Å²) in [6.45, 7) is 0. The zero-order chi connectivity index (χ0) is 10.7. The number of rotatable bonds is 3. The van der Waals surface area contributed by atoms with Crippen LogP contribution in [0.4, 0.5) is 0 Å². The van der Waals surface area contributed by atoms with Crippen LogP contribution in [-0.2, 0) is 0 Å². The van der Waals surface area contributed by atoms with Gasteiger partial charge in [0.05, 0.1) is 19.9 Å². The van der Waals surface area contributed by atoms with Crippen molar-refractivity contribution in [3.63, 3.8) is 0 Å². The van der Waals surface area contributed by atoms with Gasteiger partial charge in [-0.25, -0.2) is 0 Å². The van der Waals surface area contributed by atoms with Crippen LogP contribution in [0, 0.1) is 0 Å². The Morgan fingerprint density at radius 3 is 2.33 bits per heavy atom. The van der Waals surface area contributed by atoms with Crippen LogP contribution in [0.1, 0.15) is 0 Å². The molecule has 0 amide bonds. The van der Waals surface area contributed by atoms with Crippen molar-refractivity contribution in [1.82, 2.24) is 4.98 Å². The van der Waals surface area contributed by atoms with Crippen LogP contribution < -0.4 is 9.47 Å². The smallest absolute Gasteiger partial charge is 0.186 e. The van der Waals surface area contributed by atoms with Crippen molar-refractivity contribution in [3.05, 3.63) is 36.5 Å². The Bertz CT molecular complexity index is 434. The fraction of sp³-hybridized carbons (Fsp3) is 0.167. The van der Waals surface area contributed by atoms with Gasteiger partial charge in [0.2, 0.25) is 0 Å². The molecule has 1 aromatic heterocycles. The molecule has 0 unspecified atom stereocenters. The topological polar surface area (TPSA) is 34.2 Å². The second-order valence-electron chi connectivity index (χ2n) is 3.13. The van der Waals surface area contributed by atoms with E-state index in [-0.39, 0.29) is 0 Å². The lowest BCUT2D eigenvalue weighted by molar-refractivity contribution is 0.359. The number of H-pyrrole nitrogens is 1. The maximum absolute atomic E-state index is 5.31. The Labute approximate surface area is 88.7 Å². The maximum Gasteiger partial charge on any atom is 0.186 e. The molecular formula is C12H13NO2. The van der Waals surface area contributed by atoms with E-state index in [1.54, 1.807) is 20.4 Å². The minimum atomic E-state index is 0.719. The van der Waals surface area contributed by atoms with Crippen molar-refractivity contribution in [3.8, 4) is 22.8 Å². The molecule has 0 saturated carbocycles. The van der Waals surface area contributed by atoms with E-state index >= 15 is 0 Å². The second-order valence-corrected chi connectivity index (χ2v) is 3.13. The summed E-state index contributed by atoms with van der Waals surface area (Å²) in [4.78, 5) is 3.14. The number of hydrogen-bond donors (Lipinski definition) is 1. The average Bonchev–Trinajstić information content (AvgIpc) is 2.72. The fourth-order valence-electron chi connectivity index (χ4n) is 1.57. The summed E-state index contributed by atoms with van der Waals surface area (Å²) < 4.78 is 10.5. The molecule has 0 aliphatic rings. The second kappa shape index (κ2) is 4.09. The lowest BCUT2D eigenvalue weighted by atomic mass is 10.1. The third kappa shape index (κ3) is 1.68. The Balaban J connectivity index is 2.49. The van der Waals surface area contributed by atoms with Gasteiger partial charge in [-0.15, -0.1) is 0 Å². The number of aromatic nitrogens is 1. The molecule has 2 aromatic rings. The highest BCUT2D eigenvalue weighted by Crippen LogP contribution is 2.37. The quantitative estimate of drug-likeness (QED) is 0.832. The third-order valence-corrected chi connectivity index (χ3v) is 2.28. The summed E-state index contributed by atoms with van der Waals surface area (Å²) in [5.74, 6) is 1.46. The van der Waals surface area contributed by atoms with Gasteiger partial charge in [0.15, 0.2) is 11.5 Å². The number of aromatic amines is 1. The number of methoxy groups -OCH3 is 2. The standard InChI is InChI=1S/C12H13NO2/c1-14-10-8-13-11(12(10)15-2)9-6-4-3-5-7-9/h3-8,13H,1-2H3. The number of hydrogen-bond acceptors (Lipinski definition) is 2. The predicted molar refractivity (Wildman–Crippen MR) is 59.3 cm³/mol. The van der Waals surface area contributed by atoms with Crippen LogP contribution in [0.3, 0.4) is 0 Å². The molecule has 0 bridgehead atoms. The van der Waals surface area contributed by atoms with E-state index in [0.717, 1.165) is 22.8 Å². The Hall–Kier alpha value is -1.90. The maximum atomic E-state index is 5.31. The fourth-order valence-corrected chi connectivity index (χ4v) is 1.57.